The molecule has 0 bridgehead atoms. The summed E-state index contributed by atoms with van der Waals surface area (Å²) >= 11 is 0. The molecule has 0 aliphatic rings. The Balaban J connectivity index is 1.55. The molecule has 0 atom stereocenters. The predicted octanol–water partition coefficient (Wildman–Crippen LogP) is 4.52. The number of hydrogen-bond donors (Lipinski definition) is 0. The van der Waals surface area contributed by atoms with Crippen molar-refractivity contribution in [3.63, 3.8) is 0 Å². The fraction of sp³-hybridized carbons (Fsp3) is 0.160. The Kier molecular flexibility index (Phi) is 6.11. The van der Waals surface area contributed by atoms with Gasteiger partial charge in [0.25, 0.3) is 0 Å². The van der Waals surface area contributed by atoms with Gasteiger partial charge in [-0.15, -0.1) is 0 Å². The van der Waals surface area contributed by atoms with Gasteiger partial charge >= 0.3 is 0 Å². The van der Waals surface area contributed by atoms with Crippen LogP contribution in [0.3, 0.4) is 0 Å². The van der Waals surface area contributed by atoms with E-state index in [1.807, 2.05) is 72.8 Å². The van der Waals surface area contributed by atoms with Crippen LogP contribution in [0.1, 0.15) is 21.7 Å². The third kappa shape index (κ3) is 4.88. The van der Waals surface area contributed by atoms with Crippen LogP contribution in [0.15, 0.2) is 85.2 Å². The van der Waals surface area contributed by atoms with Gasteiger partial charge in [0, 0.05) is 31.0 Å². The summed E-state index contributed by atoms with van der Waals surface area (Å²) in [7, 11) is 1.65. The Morgan fingerprint density at radius 2 is 1.47 bits per heavy atom. The Bertz CT molecular complexity index is 1090. The van der Waals surface area contributed by atoms with Gasteiger partial charge in [0.15, 0.2) is 5.78 Å². The molecule has 4 aromatic rings. The van der Waals surface area contributed by atoms with E-state index in [0.29, 0.717) is 18.7 Å². The molecule has 0 spiro atoms. The van der Waals surface area contributed by atoms with Crippen molar-refractivity contribution >= 4 is 16.6 Å². The largest absolute Gasteiger partial charge is 0.497 e. The number of ketones is 1. The van der Waals surface area contributed by atoms with Gasteiger partial charge in [0.2, 0.25) is 0 Å². The van der Waals surface area contributed by atoms with E-state index in [1.54, 1.807) is 19.5 Å². The highest BCUT2D eigenvalue weighted by molar-refractivity contribution is 6.01. The molecule has 0 N–H and O–H groups in total. The maximum Gasteiger partial charge on any atom is 0.176 e. The van der Waals surface area contributed by atoms with Crippen molar-refractivity contribution in [2.75, 3.05) is 13.7 Å². The highest BCUT2D eigenvalue weighted by Gasteiger charge is 2.15. The van der Waals surface area contributed by atoms with Gasteiger partial charge in [-0.3, -0.25) is 19.7 Å². The van der Waals surface area contributed by atoms with Crippen molar-refractivity contribution in [1.82, 2.24) is 14.9 Å². The lowest BCUT2D eigenvalue weighted by molar-refractivity contribution is 0.0918. The molecule has 0 saturated carbocycles. The average molecular weight is 397 g/mol. The monoisotopic (exact) mass is 397 g/mol. The van der Waals surface area contributed by atoms with E-state index in [-0.39, 0.29) is 12.3 Å². The van der Waals surface area contributed by atoms with Crippen molar-refractivity contribution in [2.24, 2.45) is 0 Å². The van der Waals surface area contributed by atoms with Crippen molar-refractivity contribution in [3.8, 4) is 5.75 Å². The van der Waals surface area contributed by atoms with Gasteiger partial charge in [-0.2, -0.15) is 0 Å². The van der Waals surface area contributed by atoms with Crippen LogP contribution in [0.5, 0.6) is 5.75 Å². The zero-order valence-corrected chi connectivity index (χ0v) is 16.9. The number of carbonyl (C=O) groups is 1. The number of benzene rings is 2. The molecule has 30 heavy (non-hydrogen) atoms. The first-order valence-electron chi connectivity index (χ1n) is 9.84. The summed E-state index contributed by atoms with van der Waals surface area (Å²) in [6, 6.07) is 23.3. The molecule has 2 aromatic heterocycles. The number of hydrogen-bond acceptors (Lipinski definition) is 5. The lowest BCUT2D eigenvalue weighted by Gasteiger charge is -2.21. The number of aromatic nitrogens is 2. The molecule has 2 aromatic carbocycles. The molecule has 0 radical (unpaired) electrons. The van der Waals surface area contributed by atoms with E-state index in [9.17, 15) is 4.79 Å². The Hall–Kier alpha value is -3.57. The van der Waals surface area contributed by atoms with Crippen LogP contribution in [0, 0.1) is 0 Å². The Morgan fingerprint density at radius 1 is 0.833 bits per heavy atom. The number of methoxy groups -OCH3 is 1. The zero-order valence-electron chi connectivity index (χ0n) is 16.9. The third-order valence-corrected chi connectivity index (χ3v) is 4.96. The fourth-order valence-electron chi connectivity index (χ4n) is 3.43. The number of ether oxygens (including phenoxy) is 1. The summed E-state index contributed by atoms with van der Waals surface area (Å²) in [6.07, 6.45) is 3.54. The minimum atomic E-state index is 0.0691. The van der Waals surface area contributed by atoms with Crippen LogP contribution in [0.25, 0.3) is 10.8 Å². The van der Waals surface area contributed by atoms with Crippen molar-refractivity contribution < 1.29 is 9.53 Å². The molecule has 150 valence electrons. The van der Waals surface area contributed by atoms with Crippen LogP contribution in [-0.2, 0) is 13.1 Å². The Labute approximate surface area is 176 Å². The molecule has 4 rings (SSSR count). The van der Waals surface area contributed by atoms with Gasteiger partial charge in [0.05, 0.1) is 25.0 Å². The first kappa shape index (κ1) is 19.7. The minimum absolute atomic E-state index is 0.0691. The summed E-state index contributed by atoms with van der Waals surface area (Å²) in [5, 5.41) is 2.06. The molecule has 2 heterocycles. The van der Waals surface area contributed by atoms with E-state index < -0.39 is 0 Å². The van der Waals surface area contributed by atoms with E-state index in [2.05, 4.69) is 14.9 Å². The molecule has 5 nitrogen and oxygen atoms in total. The second-order valence-corrected chi connectivity index (χ2v) is 7.14. The molecular formula is C25H23N3O2. The second-order valence-electron chi connectivity index (χ2n) is 7.14. The SMILES string of the molecule is COc1ccc2cc(C(=O)CN(Cc3ccccn3)Cc3ccccn3)ccc2c1. The molecule has 0 fully saturated rings. The lowest BCUT2D eigenvalue weighted by Crippen LogP contribution is -2.30. The smallest absolute Gasteiger partial charge is 0.176 e. The lowest BCUT2D eigenvalue weighted by atomic mass is 10.0. The fourth-order valence-corrected chi connectivity index (χ4v) is 3.43. The number of fused-ring (bicyclic) bond motifs is 1. The van der Waals surface area contributed by atoms with Gasteiger partial charge in [-0.1, -0.05) is 30.3 Å². The van der Waals surface area contributed by atoms with Crippen molar-refractivity contribution in [3.05, 3.63) is 102 Å². The molecule has 0 aliphatic heterocycles. The zero-order chi connectivity index (χ0) is 20.8. The first-order valence-corrected chi connectivity index (χ1v) is 9.84. The standard InChI is InChI=1S/C25H23N3O2/c1-30-24-11-10-19-14-21(9-8-20(19)15-24)25(29)18-28(16-22-6-2-4-12-26-22)17-23-7-3-5-13-27-23/h2-15H,16-18H2,1H3. The van der Waals surface area contributed by atoms with Gasteiger partial charge < -0.3 is 4.74 Å². The molecule has 5 heteroatoms. The number of Topliss-reactive ketones (excluding diaryl/α,β-unsaturated/α-hetero) is 1. The summed E-state index contributed by atoms with van der Waals surface area (Å²) < 4.78 is 5.28. The van der Waals surface area contributed by atoms with Crippen molar-refractivity contribution in [1.29, 1.82) is 0 Å². The summed E-state index contributed by atoms with van der Waals surface area (Å²) in [6.45, 7) is 1.44. The maximum absolute atomic E-state index is 13.1. The van der Waals surface area contributed by atoms with Gasteiger partial charge in [-0.25, -0.2) is 0 Å². The van der Waals surface area contributed by atoms with E-state index >= 15 is 0 Å². The molecule has 0 amide bonds. The normalized spacial score (nSPS) is 11.0. The number of rotatable bonds is 8. The van der Waals surface area contributed by atoms with E-state index in [1.165, 1.54) is 0 Å². The maximum atomic E-state index is 13.1. The number of nitrogens with zero attached hydrogens (tertiary/aromatic N) is 3. The molecular weight excluding hydrogens is 374 g/mol. The van der Waals surface area contributed by atoms with Gasteiger partial charge in [0.1, 0.15) is 5.75 Å². The first-order chi connectivity index (χ1) is 14.7. The van der Waals surface area contributed by atoms with Gasteiger partial charge in [-0.05, 0) is 53.2 Å². The van der Waals surface area contributed by atoms with Crippen LogP contribution in [0.2, 0.25) is 0 Å². The Morgan fingerprint density at radius 3 is 2.07 bits per heavy atom. The number of pyridine rings is 2. The highest BCUT2D eigenvalue weighted by atomic mass is 16.5. The highest BCUT2D eigenvalue weighted by Crippen LogP contribution is 2.22. The summed E-state index contributed by atoms with van der Waals surface area (Å²) in [5.74, 6) is 0.873. The van der Waals surface area contributed by atoms with Crippen LogP contribution < -0.4 is 4.74 Å². The van der Waals surface area contributed by atoms with E-state index in [4.69, 9.17) is 4.74 Å². The summed E-state index contributed by atoms with van der Waals surface area (Å²) in [5.41, 5.74) is 2.54. The van der Waals surface area contributed by atoms with Crippen molar-refractivity contribution in [2.45, 2.75) is 13.1 Å². The molecule has 0 aliphatic carbocycles. The third-order valence-electron chi connectivity index (χ3n) is 4.96. The minimum Gasteiger partial charge on any atom is -0.497 e. The molecule has 0 unspecified atom stereocenters. The average Bonchev–Trinajstić information content (AvgIpc) is 2.79. The van der Waals surface area contributed by atoms with E-state index in [0.717, 1.165) is 27.9 Å². The number of carbonyl (C=O) groups excluding carboxylic acids is 1. The molecule has 0 saturated heterocycles. The van der Waals surface area contributed by atoms with Crippen LogP contribution in [0.4, 0.5) is 0 Å². The van der Waals surface area contributed by atoms with Crippen LogP contribution in [-0.4, -0.2) is 34.3 Å². The predicted molar refractivity (Wildman–Crippen MR) is 117 cm³/mol. The van der Waals surface area contributed by atoms with Crippen LogP contribution >= 0.6 is 0 Å². The summed E-state index contributed by atoms with van der Waals surface area (Å²) in [4.78, 5) is 24.0. The second kappa shape index (κ2) is 9.29. The topological polar surface area (TPSA) is 55.3 Å². The quantitative estimate of drug-likeness (QED) is 0.409.